The monoisotopic (exact) mass is 307 g/mol. The van der Waals surface area contributed by atoms with Crippen molar-refractivity contribution in [3.05, 3.63) is 27.8 Å². The number of hydrogen-bond acceptors (Lipinski definition) is 6. The summed E-state index contributed by atoms with van der Waals surface area (Å²) in [5, 5.41) is 16.3. The summed E-state index contributed by atoms with van der Waals surface area (Å²) >= 11 is 1.59. The summed E-state index contributed by atoms with van der Waals surface area (Å²) in [6.07, 6.45) is 1.98. The van der Waals surface area contributed by atoms with Gasteiger partial charge >= 0.3 is 5.97 Å². The minimum Gasteiger partial charge on any atom is -0.481 e. The first-order valence-corrected chi connectivity index (χ1v) is 7.87. The van der Waals surface area contributed by atoms with Crippen LogP contribution in [0.15, 0.2) is 9.90 Å². The maximum atomic E-state index is 11.3. The first kappa shape index (κ1) is 14.2. The molecule has 1 saturated carbocycles. The second kappa shape index (κ2) is 5.55. The number of thiazole rings is 1. The van der Waals surface area contributed by atoms with Crippen LogP contribution in [-0.4, -0.2) is 26.2 Å². The third kappa shape index (κ3) is 2.97. The van der Waals surface area contributed by atoms with Crippen molar-refractivity contribution in [3.63, 3.8) is 0 Å². The molecule has 2 heterocycles. The third-order valence-corrected chi connectivity index (χ3v) is 4.74. The van der Waals surface area contributed by atoms with E-state index in [1.54, 1.807) is 11.3 Å². The van der Waals surface area contributed by atoms with Crippen LogP contribution in [0, 0.1) is 18.8 Å². The van der Waals surface area contributed by atoms with Crippen molar-refractivity contribution in [3.8, 4) is 0 Å². The van der Waals surface area contributed by atoms with E-state index in [0.29, 0.717) is 30.5 Å². The van der Waals surface area contributed by atoms with Gasteiger partial charge in [-0.15, -0.1) is 11.3 Å². The largest absolute Gasteiger partial charge is 0.481 e. The molecule has 0 spiro atoms. The van der Waals surface area contributed by atoms with Crippen molar-refractivity contribution in [2.75, 3.05) is 0 Å². The summed E-state index contributed by atoms with van der Waals surface area (Å²) in [6.45, 7) is 4.01. The molecule has 2 aromatic heterocycles. The maximum absolute atomic E-state index is 11.3. The van der Waals surface area contributed by atoms with Gasteiger partial charge < -0.3 is 9.63 Å². The topological polar surface area (TPSA) is 89.1 Å². The van der Waals surface area contributed by atoms with Gasteiger partial charge in [-0.25, -0.2) is 4.98 Å². The van der Waals surface area contributed by atoms with Crippen LogP contribution in [0.5, 0.6) is 0 Å². The molecule has 112 valence electrons. The number of aliphatic carboxylic acids is 1. The van der Waals surface area contributed by atoms with Gasteiger partial charge in [0.15, 0.2) is 5.82 Å². The first-order valence-electron chi connectivity index (χ1n) is 6.99. The summed E-state index contributed by atoms with van der Waals surface area (Å²) in [6, 6.07) is 0. The Kier molecular flexibility index (Phi) is 3.75. The molecule has 1 aliphatic rings. The minimum absolute atomic E-state index is 0.170. The van der Waals surface area contributed by atoms with Crippen LogP contribution in [0.2, 0.25) is 0 Å². The van der Waals surface area contributed by atoms with E-state index < -0.39 is 11.9 Å². The molecule has 0 amide bonds. The molecule has 0 aromatic carbocycles. The Labute approximate surface area is 126 Å². The number of carbonyl (C=O) groups is 1. The smallest absolute Gasteiger partial charge is 0.307 e. The summed E-state index contributed by atoms with van der Waals surface area (Å²) in [7, 11) is 0. The molecule has 21 heavy (non-hydrogen) atoms. The second-order valence-corrected chi connectivity index (χ2v) is 6.77. The van der Waals surface area contributed by atoms with Crippen molar-refractivity contribution in [1.82, 2.24) is 15.1 Å². The predicted molar refractivity (Wildman–Crippen MR) is 76.2 cm³/mol. The second-order valence-electron chi connectivity index (χ2n) is 5.71. The number of aryl methyl sites for hydroxylation is 1. The van der Waals surface area contributed by atoms with Crippen LogP contribution in [-0.2, 0) is 11.2 Å². The quantitative estimate of drug-likeness (QED) is 0.934. The van der Waals surface area contributed by atoms with Crippen molar-refractivity contribution < 1.29 is 14.4 Å². The Hall–Kier alpha value is -1.76. The number of hydrogen-bond donors (Lipinski definition) is 1. The zero-order chi connectivity index (χ0) is 15.0. The van der Waals surface area contributed by atoms with Crippen LogP contribution in [0.1, 0.15) is 48.1 Å². The highest BCUT2D eigenvalue weighted by atomic mass is 32.1. The van der Waals surface area contributed by atoms with Crippen LogP contribution in [0.3, 0.4) is 0 Å². The average molecular weight is 307 g/mol. The van der Waals surface area contributed by atoms with Crippen molar-refractivity contribution >= 4 is 17.3 Å². The fourth-order valence-corrected chi connectivity index (χ4v) is 3.59. The highest BCUT2D eigenvalue weighted by Gasteiger charge is 2.41. The normalized spacial score (nSPS) is 25.3. The fourth-order valence-electron chi connectivity index (χ4n) is 2.98. The van der Waals surface area contributed by atoms with E-state index in [2.05, 4.69) is 22.0 Å². The Morgan fingerprint density at radius 3 is 2.95 bits per heavy atom. The van der Waals surface area contributed by atoms with E-state index in [-0.39, 0.29) is 5.92 Å². The van der Waals surface area contributed by atoms with Crippen LogP contribution < -0.4 is 0 Å². The Bertz CT molecular complexity index is 651. The van der Waals surface area contributed by atoms with Gasteiger partial charge in [0.25, 0.3) is 0 Å². The molecule has 0 saturated heterocycles. The molecule has 1 aliphatic carbocycles. The maximum Gasteiger partial charge on any atom is 0.307 e. The van der Waals surface area contributed by atoms with Gasteiger partial charge in [-0.2, -0.15) is 4.98 Å². The zero-order valence-corrected chi connectivity index (χ0v) is 12.8. The molecular weight excluding hydrogens is 290 g/mol. The number of nitrogens with zero attached hydrogens (tertiary/aromatic N) is 3. The van der Waals surface area contributed by atoms with Gasteiger partial charge in [-0.3, -0.25) is 4.79 Å². The lowest BCUT2D eigenvalue weighted by molar-refractivity contribution is -0.142. The lowest BCUT2D eigenvalue weighted by Gasteiger charge is -2.09. The third-order valence-electron chi connectivity index (χ3n) is 3.92. The Morgan fingerprint density at radius 2 is 2.29 bits per heavy atom. The molecule has 7 heteroatoms. The summed E-state index contributed by atoms with van der Waals surface area (Å²) in [4.78, 5) is 20.1. The van der Waals surface area contributed by atoms with Crippen molar-refractivity contribution in [2.24, 2.45) is 11.8 Å². The zero-order valence-electron chi connectivity index (χ0n) is 11.9. The van der Waals surface area contributed by atoms with Crippen molar-refractivity contribution in [1.29, 1.82) is 0 Å². The standard InChI is InChI=1S/C14H17N3O3S/c1-7-3-10(11(4-7)14(18)19)13-16-12(17-20-13)5-9-6-21-8(2)15-9/h6-7,10-11H,3-5H2,1-2H3,(H,18,19). The summed E-state index contributed by atoms with van der Waals surface area (Å²) < 4.78 is 5.31. The first-order chi connectivity index (χ1) is 10.0. The number of aromatic nitrogens is 3. The van der Waals surface area contributed by atoms with Gasteiger partial charge in [0.05, 0.1) is 29.0 Å². The van der Waals surface area contributed by atoms with Crippen LogP contribution in [0.4, 0.5) is 0 Å². The van der Waals surface area contributed by atoms with Gasteiger partial charge in [0, 0.05) is 5.38 Å². The fraction of sp³-hybridized carbons (Fsp3) is 0.571. The highest BCUT2D eigenvalue weighted by molar-refractivity contribution is 7.09. The Morgan fingerprint density at radius 1 is 1.48 bits per heavy atom. The molecule has 3 unspecified atom stereocenters. The minimum atomic E-state index is -0.778. The molecule has 6 nitrogen and oxygen atoms in total. The summed E-state index contributed by atoms with van der Waals surface area (Å²) in [5.74, 6) is 0.0188. The molecular formula is C14H17N3O3S. The number of carboxylic acids is 1. The molecule has 1 N–H and O–H groups in total. The molecule has 0 radical (unpaired) electrons. The van der Waals surface area contributed by atoms with Crippen LogP contribution >= 0.6 is 11.3 Å². The van der Waals surface area contributed by atoms with E-state index in [1.165, 1.54) is 0 Å². The van der Waals surface area contributed by atoms with Gasteiger partial charge in [-0.05, 0) is 25.7 Å². The van der Waals surface area contributed by atoms with Gasteiger partial charge in [0.1, 0.15) is 0 Å². The molecule has 3 rings (SSSR count). The Balaban J connectivity index is 1.76. The van der Waals surface area contributed by atoms with Crippen LogP contribution in [0.25, 0.3) is 0 Å². The predicted octanol–water partition coefficient (Wildman–Crippen LogP) is 2.64. The van der Waals surface area contributed by atoms with Crippen molar-refractivity contribution in [2.45, 2.75) is 39.0 Å². The lowest BCUT2D eigenvalue weighted by atomic mass is 9.96. The van der Waals surface area contributed by atoms with E-state index in [1.807, 2.05) is 12.3 Å². The highest BCUT2D eigenvalue weighted by Crippen LogP contribution is 2.42. The molecule has 3 atom stereocenters. The lowest BCUT2D eigenvalue weighted by Crippen LogP contribution is -2.17. The number of rotatable bonds is 4. The molecule has 0 aliphatic heterocycles. The SMILES string of the molecule is Cc1nc(Cc2noc(C3CC(C)CC3C(=O)O)n2)cs1. The molecule has 1 fully saturated rings. The molecule has 0 bridgehead atoms. The molecule has 2 aromatic rings. The van der Waals surface area contributed by atoms with E-state index >= 15 is 0 Å². The average Bonchev–Trinajstić information content (AvgIpc) is 3.10. The number of carboxylic acid groups (broad SMARTS) is 1. The van der Waals surface area contributed by atoms with E-state index in [9.17, 15) is 9.90 Å². The van der Waals surface area contributed by atoms with E-state index in [0.717, 1.165) is 17.1 Å². The van der Waals surface area contributed by atoms with Gasteiger partial charge in [-0.1, -0.05) is 12.1 Å². The summed E-state index contributed by atoms with van der Waals surface area (Å²) in [5.41, 5.74) is 0.916. The van der Waals surface area contributed by atoms with Gasteiger partial charge in [0.2, 0.25) is 5.89 Å². The van der Waals surface area contributed by atoms with E-state index in [4.69, 9.17) is 4.52 Å².